The minimum atomic E-state index is 1.08. The van der Waals surface area contributed by atoms with Crippen molar-refractivity contribution in [3.8, 4) is 0 Å². The van der Waals surface area contributed by atoms with Crippen LogP contribution in [-0.4, -0.2) is 0 Å². The van der Waals surface area contributed by atoms with Gasteiger partial charge >= 0.3 is 0 Å². The minimum Gasteiger partial charge on any atom is -0.404 e. The van der Waals surface area contributed by atoms with Crippen molar-refractivity contribution < 1.29 is 0 Å². The van der Waals surface area contributed by atoms with E-state index >= 15 is 0 Å². The van der Waals surface area contributed by atoms with Crippen LogP contribution >= 0.6 is 0 Å². The van der Waals surface area contributed by atoms with E-state index in [0.29, 0.717) is 0 Å². The zero-order valence-corrected chi connectivity index (χ0v) is 6.89. The van der Waals surface area contributed by atoms with Gasteiger partial charge < -0.3 is 5.73 Å². The lowest BCUT2D eigenvalue weighted by Gasteiger charge is -1.88. The van der Waals surface area contributed by atoms with Gasteiger partial charge in [0.1, 0.15) is 0 Å². The van der Waals surface area contributed by atoms with Crippen molar-refractivity contribution in [1.29, 1.82) is 0 Å². The van der Waals surface area contributed by atoms with Crippen molar-refractivity contribution in [3.05, 3.63) is 35.6 Å². The summed E-state index contributed by atoms with van der Waals surface area (Å²) >= 11 is 0. The molecule has 1 heteroatoms. The predicted octanol–water partition coefficient (Wildman–Crippen LogP) is 2.37. The first kappa shape index (κ1) is 9.02. The summed E-state index contributed by atoms with van der Waals surface area (Å²) in [6.07, 6.45) is 7.69. The fourth-order valence-electron chi connectivity index (χ4n) is 0.415. The third kappa shape index (κ3) is 3.96. The molecule has 0 bridgehead atoms. The lowest BCUT2D eigenvalue weighted by molar-refractivity contribution is 1.41. The van der Waals surface area contributed by atoms with Gasteiger partial charge in [0.25, 0.3) is 0 Å². The van der Waals surface area contributed by atoms with E-state index in [0.717, 1.165) is 5.57 Å². The zero-order chi connectivity index (χ0) is 7.98. The number of allylic oxidation sites excluding steroid dienone is 5. The molecule has 10 heavy (non-hydrogen) atoms. The Morgan fingerprint density at radius 1 is 1.10 bits per heavy atom. The summed E-state index contributed by atoms with van der Waals surface area (Å²) in [6.45, 7) is 6.04. The van der Waals surface area contributed by atoms with Crippen LogP contribution in [0.4, 0.5) is 0 Å². The van der Waals surface area contributed by atoms with E-state index in [2.05, 4.69) is 13.0 Å². The summed E-state index contributed by atoms with van der Waals surface area (Å²) in [6, 6.07) is 0. The predicted molar refractivity (Wildman–Crippen MR) is 46.5 cm³/mol. The Bertz CT molecular complexity index is 153. The largest absolute Gasteiger partial charge is 0.404 e. The lowest BCUT2D eigenvalue weighted by atomic mass is 10.2. The monoisotopic (exact) mass is 137 g/mol. The maximum Gasteiger partial charge on any atom is -0.00325 e. The molecule has 0 aromatic carbocycles. The molecule has 0 aliphatic rings. The molecule has 0 heterocycles. The molecule has 0 saturated heterocycles. The number of rotatable bonds is 2. The van der Waals surface area contributed by atoms with Crippen molar-refractivity contribution in [1.82, 2.24) is 0 Å². The molecule has 0 fully saturated rings. The summed E-state index contributed by atoms with van der Waals surface area (Å²) in [5, 5.41) is 0. The van der Waals surface area contributed by atoms with Gasteiger partial charge in [-0.1, -0.05) is 23.8 Å². The molecular weight excluding hydrogens is 122 g/mol. The second-order valence-corrected chi connectivity index (χ2v) is 2.28. The fraction of sp³-hybridized carbons (Fsp3) is 0.333. The molecule has 0 aliphatic heterocycles. The van der Waals surface area contributed by atoms with Crippen LogP contribution in [0.3, 0.4) is 0 Å². The lowest BCUT2D eigenvalue weighted by Crippen LogP contribution is -1.80. The van der Waals surface area contributed by atoms with Gasteiger partial charge in [-0.3, -0.25) is 0 Å². The summed E-state index contributed by atoms with van der Waals surface area (Å²) in [7, 11) is 0. The third-order valence-corrected chi connectivity index (χ3v) is 1.33. The molecule has 2 N–H and O–H groups in total. The van der Waals surface area contributed by atoms with Gasteiger partial charge in [0, 0.05) is 0 Å². The molecule has 0 radical (unpaired) electrons. The van der Waals surface area contributed by atoms with Crippen molar-refractivity contribution in [2.45, 2.75) is 20.8 Å². The smallest absolute Gasteiger partial charge is 0.00325 e. The summed E-state index contributed by atoms with van der Waals surface area (Å²) in [5.74, 6) is 0. The van der Waals surface area contributed by atoms with Crippen LogP contribution in [0.2, 0.25) is 0 Å². The Labute approximate surface area is 62.9 Å². The van der Waals surface area contributed by atoms with Gasteiger partial charge in [0.15, 0.2) is 0 Å². The standard InChI is InChI=1S/C9H15N/c1-4-8(2)5-6-9(3)7-10/h4-7H,10H2,1-3H3/b6-5-,8-4-,9-7-. The number of hydrogen-bond donors (Lipinski definition) is 1. The Balaban J connectivity index is 4.01. The highest BCUT2D eigenvalue weighted by Gasteiger charge is 1.78. The first-order valence-electron chi connectivity index (χ1n) is 3.40. The molecule has 0 aromatic rings. The first-order valence-corrected chi connectivity index (χ1v) is 3.40. The number of nitrogens with two attached hydrogens (primary N) is 1. The van der Waals surface area contributed by atoms with E-state index in [1.54, 1.807) is 6.20 Å². The third-order valence-electron chi connectivity index (χ3n) is 1.33. The highest BCUT2D eigenvalue weighted by molar-refractivity contribution is 5.24. The van der Waals surface area contributed by atoms with E-state index in [4.69, 9.17) is 5.73 Å². The van der Waals surface area contributed by atoms with Crippen LogP contribution in [0, 0.1) is 0 Å². The molecule has 0 rings (SSSR count). The molecule has 0 saturated carbocycles. The van der Waals surface area contributed by atoms with E-state index in [1.165, 1.54) is 5.57 Å². The topological polar surface area (TPSA) is 26.0 Å². The molecule has 0 atom stereocenters. The molecule has 0 aromatic heterocycles. The van der Waals surface area contributed by atoms with Crippen LogP contribution in [0.25, 0.3) is 0 Å². The van der Waals surface area contributed by atoms with Crippen LogP contribution in [-0.2, 0) is 0 Å². The van der Waals surface area contributed by atoms with Crippen molar-refractivity contribution in [3.63, 3.8) is 0 Å². The molecular formula is C9H15N. The zero-order valence-electron chi connectivity index (χ0n) is 6.89. The first-order chi connectivity index (χ1) is 4.70. The molecule has 0 aliphatic carbocycles. The van der Waals surface area contributed by atoms with E-state index in [1.807, 2.05) is 26.0 Å². The van der Waals surface area contributed by atoms with E-state index in [-0.39, 0.29) is 0 Å². The number of hydrogen-bond acceptors (Lipinski definition) is 1. The van der Waals surface area contributed by atoms with Crippen molar-refractivity contribution in [2.75, 3.05) is 0 Å². The van der Waals surface area contributed by atoms with Gasteiger partial charge in [-0.15, -0.1) is 0 Å². The fourth-order valence-corrected chi connectivity index (χ4v) is 0.415. The average molecular weight is 137 g/mol. The summed E-state index contributed by atoms with van der Waals surface area (Å²) in [5.41, 5.74) is 7.60. The normalized spacial score (nSPS) is 14.7. The Morgan fingerprint density at radius 3 is 2.00 bits per heavy atom. The Kier molecular flexibility index (Phi) is 4.38. The van der Waals surface area contributed by atoms with Gasteiger partial charge in [0.2, 0.25) is 0 Å². The van der Waals surface area contributed by atoms with Crippen LogP contribution in [0.15, 0.2) is 35.6 Å². The summed E-state index contributed by atoms with van der Waals surface area (Å²) < 4.78 is 0. The molecule has 0 unspecified atom stereocenters. The maximum absolute atomic E-state index is 5.27. The van der Waals surface area contributed by atoms with Crippen LogP contribution in [0.1, 0.15) is 20.8 Å². The van der Waals surface area contributed by atoms with Crippen LogP contribution < -0.4 is 5.73 Å². The Morgan fingerprint density at radius 2 is 1.60 bits per heavy atom. The summed E-state index contributed by atoms with van der Waals surface area (Å²) in [4.78, 5) is 0. The van der Waals surface area contributed by atoms with Crippen molar-refractivity contribution >= 4 is 0 Å². The molecule has 0 spiro atoms. The van der Waals surface area contributed by atoms with Crippen molar-refractivity contribution in [2.24, 2.45) is 5.73 Å². The van der Waals surface area contributed by atoms with Gasteiger partial charge in [0.05, 0.1) is 0 Å². The molecule has 0 amide bonds. The van der Waals surface area contributed by atoms with E-state index in [9.17, 15) is 0 Å². The average Bonchev–Trinajstić information content (AvgIpc) is 1.99. The second kappa shape index (κ2) is 4.86. The highest BCUT2D eigenvalue weighted by atomic mass is 14.5. The maximum atomic E-state index is 5.27. The quantitative estimate of drug-likeness (QED) is 0.581. The van der Waals surface area contributed by atoms with Crippen LogP contribution in [0.5, 0.6) is 0 Å². The van der Waals surface area contributed by atoms with Gasteiger partial charge in [-0.2, -0.15) is 0 Å². The minimum absolute atomic E-state index is 1.08. The molecule has 1 nitrogen and oxygen atoms in total. The highest BCUT2D eigenvalue weighted by Crippen LogP contribution is 1.98. The Hall–Kier alpha value is -0.980. The van der Waals surface area contributed by atoms with Gasteiger partial charge in [-0.25, -0.2) is 0 Å². The molecule has 56 valence electrons. The van der Waals surface area contributed by atoms with Gasteiger partial charge in [-0.05, 0) is 32.5 Å². The second-order valence-electron chi connectivity index (χ2n) is 2.28. The SMILES string of the molecule is C\C=C(C)/C=C\C(C)=C/N. The van der Waals surface area contributed by atoms with E-state index < -0.39 is 0 Å².